The van der Waals surface area contributed by atoms with Gasteiger partial charge in [-0.2, -0.15) is 0 Å². The van der Waals surface area contributed by atoms with Gasteiger partial charge in [0.1, 0.15) is 5.82 Å². The Morgan fingerprint density at radius 1 is 1.21 bits per heavy atom. The van der Waals surface area contributed by atoms with Crippen molar-refractivity contribution in [3.05, 3.63) is 42.5 Å². The number of benzene rings is 1. The van der Waals surface area contributed by atoms with Gasteiger partial charge < -0.3 is 9.64 Å². The Bertz CT molecular complexity index is 809. The van der Waals surface area contributed by atoms with Crippen molar-refractivity contribution in [2.24, 2.45) is 11.8 Å². The molecule has 2 aromatic rings. The van der Waals surface area contributed by atoms with Crippen molar-refractivity contribution in [1.82, 2.24) is 4.98 Å². The molecule has 0 aliphatic heterocycles. The van der Waals surface area contributed by atoms with E-state index in [4.69, 9.17) is 9.72 Å². The maximum absolute atomic E-state index is 11.7. The summed E-state index contributed by atoms with van der Waals surface area (Å²) in [7, 11) is 0. The number of aromatic nitrogens is 1. The molecule has 1 aromatic carbocycles. The highest BCUT2D eigenvalue weighted by molar-refractivity contribution is 5.84. The number of ether oxygens (including phenoxy) is 1. The summed E-state index contributed by atoms with van der Waals surface area (Å²) in [6.07, 6.45) is 7.04. The molecule has 1 saturated carbocycles. The molecular formula is C24H32N2O2. The standard InChI is InChI=1S/C24H32N2O2/c1-4-20-16-21-9-7-8-10-22(21)25-24(20)26(5-2)17-19-13-11-18(12-14-19)15-23(27)28-6-3/h4,7-10,16,18-19H,1,5-6,11-15,17H2,2-3H3. The first-order valence-corrected chi connectivity index (χ1v) is 10.6. The summed E-state index contributed by atoms with van der Waals surface area (Å²) in [5.41, 5.74) is 2.12. The maximum Gasteiger partial charge on any atom is 0.306 e. The fraction of sp³-hybridized carbons (Fsp3) is 0.500. The average Bonchev–Trinajstić information content (AvgIpc) is 2.72. The zero-order valence-electron chi connectivity index (χ0n) is 17.2. The van der Waals surface area contributed by atoms with Crippen molar-refractivity contribution in [2.75, 3.05) is 24.6 Å². The Hall–Kier alpha value is -2.36. The Morgan fingerprint density at radius 2 is 1.93 bits per heavy atom. The largest absolute Gasteiger partial charge is 0.466 e. The molecule has 1 heterocycles. The molecule has 3 rings (SSSR count). The summed E-state index contributed by atoms with van der Waals surface area (Å²) in [4.78, 5) is 19.1. The first-order valence-electron chi connectivity index (χ1n) is 10.6. The van der Waals surface area contributed by atoms with E-state index in [-0.39, 0.29) is 5.97 Å². The van der Waals surface area contributed by atoms with Gasteiger partial charge in [0.05, 0.1) is 12.1 Å². The third kappa shape index (κ3) is 4.92. The van der Waals surface area contributed by atoms with Crippen LogP contribution in [0.2, 0.25) is 0 Å². The molecule has 4 heteroatoms. The number of para-hydroxylation sites is 1. The molecule has 0 unspecified atom stereocenters. The van der Waals surface area contributed by atoms with E-state index in [1.807, 2.05) is 25.1 Å². The summed E-state index contributed by atoms with van der Waals surface area (Å²) in [5, 5.41) is 1.15. The topological polar surface area (TPSA) is 42.4 Å². The number of anilines is 1. The molecule has 4 nitrogen and oxygen atoms in total. The summed E-state index contributed by atoms with van der Waals surface area (Å²) in [5.74, 6) is 2.11. The fourth-order valence-corrected chi connectivity index (χ4v) is 4.28. The van der Waals surface area contributed by atoms with Gasteiger partial charge in [0.25, 0.3) is 0 Å². The number of carbonyl (C=O) groups excluding carboxylic acids is 1. The number of hydrogen-bond acceptors (Lipinski definition) is 4. The second-order valence-electron chi connectivity index (χ2n) is 7.73. The van der Waals surface area contributed by atoms with Gasteiger partial charge in [0.15, 0.2) is 0 Å². The van der Waals surface area contributed by atoms with Crippen LogP contribution in [0.5, 0.6) is 0 Å². The molecule has 0 spiro atoms. The van der Waals surface area contributed by atoms with Gasteiger partial charge >= 0.3 is 5.97 Å². The third-order valence-electron chi connectivity index (χ3n) is 5.84. The van der Waals surface area contributed by atoms with Gasteiger partial charge in [-0.3, -0.25) is 4.79 Å². The second-order valence-corrected chi connectivity index (χ2v) is 7.73. The van der Waals surface area contributed by atoms with Crippen molar-refractivity contribution in [3.8, 4) is 0 Å². The van der Waals surface area contributed by atoms with Crippen molar-refractivity contribution < 1.29 is 9.53 Å². The van der Waals surface area contributed by atoms with Crippen LogP contribution in [0, 0.1) is 11.8 Å². The Morgan fingerprint density at radius 3 is 2.61 bits per heavy atom. The van der Waals surface area contributed by atoms with E-state index in [2.05, 4.69) is 36.6 Å². The lowest BCUT2D eigenvalue weighted by Gasteiger charge is -2.33. The summed E-state index contributed by atoms with van der Waals surface area (Å²) < 4.78 is 5.11. The molecule has 28 heavy (non-hydrogen) atoms. The predicted octanol–water partition coefficient (Wildman–Crippen LogP) is 5.46. The molecular weight excluding hydrogens is 348 g/mol. The molecule has 0 saturated heterocycles. The van der Waals surface area contributed by atoms with Crippen molar-refractivity contribution in [1.29, 1.82) is 0 Å². The van der Waals surface area contributed by atoms with E-state index in [9.17, 15) is 4.79 Å². The number of carbonyl (C=O) groups is 1. The number of nitrogens with zero attached hydrogens (tertiary/aromatic N) is 2. The highest BCUT2D eigenvalue weighted by atomic mass is 16.5. The lowest BCUT2D eigenvalue weighted by molar-refractivity contribution is -0.144. The van der Waals surface area contributed by atoms with Crippen molar-refractivity contribution in [3.63, 3.8) is 0 Å². The molecule has 0 bridgehead atoms. The van der Waals surface area contributed by atoms with Crippen LogP contribution in [0.25, 0.3) is 17.0 Å². The van der Waals surface area contributed by atoms with E-state index < -0.39 is 0 Å². The molecule has 0 N–H and O–H groups in total. The molecule has 150 valence electrons. The molecule has 1 aliphatic carbocycles. The Balaban J connectivity index is 1.66. The normalized spacial score (nSPS) is 19.4. The molecule has 0 radical (unpaired) electrons. The Kier molecular flexibility index (Phi) is 7.07. The quantitative estimate of drug-likeness (QED) is 0.570. The van der Waals surface area contributed by atoms with E-state index in [1.165, 1.54) is 0 Å². The first kappa shape index (κ1) is 20.4. The monoisotopic (exact) mass is 380 g/mol. The summed E-state index contributed by atoms with van der Waals surface area (Å²) in [6, 6.07) is 10.4. The minimum Gasteiger partial charge on any atom is -0.466 e. The number of rotatable bonds is 8. The summed E-state index contributed by atoms with van der Waals surface area (Å²) >= 11 is 0. The van der Waals surface area contributed by atoms with Gasteiger partial charge in [0, 0.05) is 30.5 Å². The maximum atomic E-state index is 11.7. The van der Waals surface area contributed by atoms with Gasteiger partial charge in [-0.15, -0.1) is 0 Å². The highest BCUT2D eigenvalue weighted by Gasteiger charge is 2.25. The molecule has 1 aromatic heterocycles. The van der Waals surface area contributed by atoms with Crippen LogP contribution in [0.1, 0.15) is 51.5 Å². The zero-order valence-corrected chi connectivity index (χ0v) is 17.2. The van der Waals surface area contributed by atoms with Crippen LogP contribution >= 0.6 is 0 Å². The van der Waals surface area contributed by atoms with Crippen LogP contribution in [-0.4, -0.2) is 30.6 Å². The van der Waals surface area contributed by atoms with Crippen molar-refractivity contribution in [2.45, 2.75) is 46.0 Å². The summed E-state index contributed by atoms with van der Waals surface area (Å²) in [6.45, 7) is 10.5. The molecule has 0 atom stereocenters. The smallest absolute Gasteiger partial charge is 0.306 e. The van der Waals surface area contributed by atoms with E-state index >= 15 is 0 Å². The number of esters is 1. The minimum absolute atomic E-state index is 0.0443. The van der Waals surface area contributed by atoms with Gasteiger partial charge in [0.2, 0.25) is 0 Å². The van der Waals surface area contributed by atoms with Crippen LogP contribution in [0.4, 0.5) is 5.82 Å². The second kappa shape index (κ2) is 9.72. The average molecular weight is 381 g/mol. The highest BCUT2D eigenvalue weighted by Crippen LogP contribution is 2.33. The molecule has 0 amide bonds. The predicted molar refractivity (Wildman–Crippen MR) is 116 cm³/mol. The third-order valence-corrected chi connectivity index (χ3v) is 5.84. The zero-order chi connectivity index (χ0) is 19.9. The van der Waals surface area contributed by atoms with Gasteiger partial charge in [-0.1, -0.05) is 30.9 Å². The SMILES string of the molecule is C=Cc1cc2ccccc2nc1N(CC)CC1CCC(CC(=O)OCC)CC1. The minimum atomic E-state index is -0.0443. The first-order chi connectivity index (χ1) is 13.6. The number of fused-ring (bicyclic) bond motifs is 1. The van der Waals surface area contributed by atoms with E-state index in [1.54, 1.807) is 0 Å². The fourth-order valence-electron chi connectivity index (χ4n) is 4.28. The van der Waals surface area contributed by atoms with Crippen molar-refractivity contribution >= 4 is 28.8 Å². The van der Waals surface area contributed by atoms with Crippen LogP contribution in [-0.2, 0) is 9.53 Å². The van der Waals surface area contributed by atoms with Crippen LogP contribution in [0.3, 0.4) is 0 Å². The molecule has 1 aliphatic rings. The van der Waals surface area contributed by atoms with Gasteiger partial charge in [-0.05, 0) is 63.5 Å². The van der Waals surface area contributed by atoms with Crippen LogP contribution in [0.15, 0.2) is 36.9 Å². The van der Waals surface area contributed by atoms with Crippen LogP contribution < -0.4 is 4.90 Å². The van der Waals surface area contributed by atoms with Gasteiger partial charge in [-0.25, -0.2) is 4.98 Å². The lowest BCUT2D eigenvalue weighted by atomic mass is 9.80. The number of pyridine rings is 1. The lowest BCUT2D eigenvalue weighted by Crippen LogP contribution is -2.33. The van der Waals surface area contributed by atoms with E-state index in [0.29, 0.717) is 24.9 Å². The number of hydrogen-bond donors (Lipinski definition) is 0. The Labute approximate surface area is 168 Å². The van der Waals surface area contributed by atoms with E-state index in [0.717, 1.165) is 61.1 Å². The molecule has 1 fully saturated rings.